The van der Waals surface area contributed by atoms with E-state index >= 15 is 0 Å². The van der Waals surface area contributed by atoms with Gasteiger partial charge in [0.15, 0.2) is 6.61 Å². The molecule has 1 aromatic rings. The lowest BCUT2D eigenvalue weighted by Gasteiger charge is -2.53. The SMILES string of the molecule is CC1(C(=O)O)CS[C@@H]2C(NC(=O)COC(=O)C=Cc3ccccc3)C(=O)N2C1. The molecule has 28 heavy (non-hydrogen) atoms. The number of carbonyl (C=O) groups excluding carboxylic acids is 3. The Hall–Kier alpha value is -2.81. The van der Waals surface area contributed by atoms with Crippen LogP contribution in [0.15, 0.2) is 36.4 Å². The van der Waals surface area contributed by atoms with E-state index in [4.69, 9.17) is 4.74 Å². The number of carbonyl (C=O) groups is 4. The number of β-lactam (4-membered cyclic amide) rings is 1. The number of fused-ring (bicyclic) bond motifs is 1. The zero-order valence-electron chi connectivity index (χ0n) is 15.2. The molecule has 0 spiro atoms. The average molecular weight is 404 g/mol. The highest BCUT2D eigenvalue weighted by Crippen LogP contribution is 2.41. The Morgan fingerprint density at radius 2 is 2.07 bits per heavy atom. The van der Waals surface area contributed by atoms with E-state index in [1.807, 2.05) is 30.3 Å². The number of carboxylic acids is 1. The first-order chi connectivity index (χ1) is 13.3. The van der Waals surface area contributed by atoms with E-state index in [9.17, 15) is 24.3 Å². The fraction of sp³-hybridized carbons (Fsp3) is 0.368. The van der Waals surface area contributed by atoms with Crippen LogP contribution in [0.1, 0.15) is 12.5 Å². The van der Waals surface area contributed by atoms with Crippen molar-refractivity contribution in [1.29, 1.82) is 0 Å². The predicted octanol–water partition coefficient (Wildman–Crippen LogP) is 0.734. The molecule has 0 radical (unpaired) electrons. The van der Waals surface area contributed by atoms with Crippen molar-refractivity contribution in [2.45, 2.75) is 18.3 Å². The van der Waals surface area contributed by atoms with Gasteiger partial charge in [0.25, 0.3) is 5.91 Å². The summed E-state index contributed by atoms with van der Waals surface area (Å²) in [6.07, 6.45) is 2.80. The summed E-state index contributed by atoms with van der Waals surface area (Å²) in [5, 5.41) is 11.5. The van der Waals surface area contributed by atoms with Gasteiger partial charge in [0.1, 0.15) is 11.4 Å². The van der Waals surface area contributed by atoms with Crippen LogP contribution in [0, 0.1) is 5.41 Å². The summed E-state index contributed by atoms with van der Waals surface area (Å²) in [5.74, 6) is -2.17. The Kier molecular flexibility index (Phi) is 5.73. The van der Waals surface area contributed by atoms with Gasteiger partial charge in [0.05, 0.1) is 5.41 Å². The van der Waals surface area contributed by atoms with Crippen molar-refractivity contribution in [2.24, 2.45) is 5.41 Å². The number of hydrogen-bond donors (Lipinski definition) is 2. The van der Waals surface area contributed by atoms with Gasteiger partial charge in [-0.25, -0.2) is 4.79 Å². The van der Waals surface area contributed by atoms with Gasteiger partial charge >= 0.3 is 11.9 Å². The number of esters is 1. The van der Waals surface area contributed by atoms with Crippen LogP contribution in [0.5, 0.6) is 0 Å². The molecule has 0 aromatic heterocycles. The molecule has 2 aliphatic rings. The van der Waals surface area contributed by atoms with Gasteiger partial charge in [-0.15, -0.1) is 11.8 Å². The summed E-state index contributed by atoms with van der Waals surface area (Å²) in [6, 6.07) is 8.44. The molecule has 2 amide bonds. The second-order valence-electron chi connectivity index (χ2n) is 6.93. The van der Waals surface area contributed by atoms with Crippen molar-refractivity contribution in [3.8, 4) is 0 Å². The minimum absolute atomic E-state index is 0.116. The van der Waals surface area contributed by atoms with Gasteiger partial charge in [0, 0.05) is 18.4 Å². The molecule has 8 nitrogen and oxygen atoms in total. The quantitative estimate of drug-likeness (QED) is 0.408. The lowest BCUT2D eigenvalue weighted by atomic mass is 9.89. The van der Waals surface area contributed by atoms with Crippen LogP contribution in [-0.4, -0.2) is 64.1 Å². The molecule has 3 rings (SSSR count). The van der Waals surface area contributed by atoms with Gasteiger partial charge in [-0.3, -0.25) is 14.4 Å². The van der Waals surface area contributed by atoms with Gasteiger partial charge in [-0.1, -0.05) is 30.3 Å². The van der Waals surface area contributed by atoms with E-state index in [1.54, 1.807) is 13.0 Å². The number of carboxylic acid groups (broad SMARTS) is 1. The third-order valence-electron chi connectivity index (χ3n) is 4.62. The third-order valence-corrected chi connectivity index (χ3v) is 6.30. The number of rotatable bonds is 6. The first-order valence-electron chi connectivity index (χ1n) is 8.65. The molecule has 2 N–H and O–H groups in total. The first-order valence-corrected chi connectivity index (χ1v) is 9.70. The highest BCUT2D eigenvalue weighted by Gasteiger charge is 2.55. The molecule has 148 valence electrons. The molecule has 0 aliphatic carbocycles. The highest BCUT2D eigenvalue weighted by molar-refractivity contribution is 8.00. The van der Waals surface area contributed by atoms with Crippen LogP contribution in [-0.2, 0) is 23.9 Å². The summed E-state index contributed by atoms with van der Waals surface area (Å²) < 4.78 is 4.88. The Morgan fingerprint density at radius 3 is 2.75 bits per heavy atom. The minimum atomic E-state index is -0.994. The molecule has 2 saturated heterocycles. The second kappa shape index (κ2) is 8.05. The van der Waals surface area contributed by atoms with Gasteiger partial charge in [0.2, 0.25) is 5.91 Å². The molecule has 2 fully saturated rings. The Balaban J connectivity index is 1.45. The van der Waals surface area contributed by atoms with E-state index in [0.29, 0.717) is 5.75 Å². The monoisotopic (exact) mass is 404 g/mol. The number of hydrogen-bond acceptors (Lipinski definition) is 6. The molecule has 2 aliphatic heterocycles. The Bertz CT molecular complexity index is 827. The molecular formula is C19H20N2O6S. The fourth-order valence-electron chi connectivity index (χ4n) is 2.96. The van der Waals surface area contributed by atoms with Crippen LogP contribution in [0.3, 0.4) is 0 Å². The van der Waals surface area contributed by atoms with E-state index in [0.717, 1.165) is 5.56 Å². The number of thioether (sulfide) groups is 1. The maximum atomic E-state index is 12.2. The summed E-state index contributed by atoms with van der Waals surface area (Å²) in [4.78, 5) is 48.7. The summed E-state index contributed by atoms with van der Waals surface area (Å²) in [6.45, 7) is 1.22. The van der Waals surface area contributed by atoms with Crippen molar-refractivity contribution in [2.75, 3.05) is 18.9 Å². The maximum absolute atomic E-state index is 12.2. The Labute approximate surface area is 165 Å². The average Bonchev–Trinajstić information content (AvgIpc) is 2.69. The highest BCUT2D eigenvalue weighted by atomic mass is 32.2. The van der Waals surface area contributed by atoms with Crippen molar-refractivity contribution < 1.29 is 29.0 Å². The number of aliphatic carboxylic acids is 1. The molecule has 9 heteroatoms. The largest absolute Gasteiger partial charge is 0.481 e. The summed E-state index contributed by atoms with van der Waals surface area (Å²) in [5.41, 5.74) is -0.168. The molecular weight excluding hydrogens is 384 g/mol. The van der Waals surface area contributed by atoms with Crippen LogP contribution in [0.2, 0.25) is 0 Å². The number of benzene rings is 1. The maximum Gasteiger partial charge on any atom is 0.331 e. The molecule has 0 saturated carbocycles. The van der Waals surface area contributed by atoms with Crippen LogP contribution >= 0.6 is 11.8 Å². The standard InChI is InChI=1S/C19H20N2O6S/c1-19(18(25)26)10-21-16(24)15(17(21)28-11-19)20-13(22)9-27-14(23)8-7-12-5-3-2-4-6-12/h2-8,15,17H,9-11H2,1H3,(H,20,22)(H,25,26)/t15?,17-,19?/m1/s1. The first kappa shape index (κ1) is 19.9. The topological polar surface area (TPSA) is 113 Å². The van der Waals surface area contributed by atoms with Crippen molar-refractivity contribution in [1.82, 2.24) is 10.2 Å². The van der Waals surface area contributed by atoms with Gasteiger partial charge in [-0.05, 0) is 18.6 Å². The smallest absolute Gasteiger partial charge is 0.331 e. The number of nitrogens with zero attached hydrogens (tertiary/aromatic N) is 1. The number of ether oxygens (including phenoxy) is 1. The Morgan fingerprint density at radius 1 is 1.36 bits per heavy atom. The molecule has 2 unspecified atom stereocenters. The van der Waals surface area contributed by atoms with Crippen LogP contribution < -0.4 is 5.32 Å². The molecule has 2 heterocycles. The van der Waals surface area contributed by atoms with Gasteiger partial charge < -0.3 is 20.1 Å². The summed E-state index contributed by atoms with van der Waals surface area (Å²) in [7, 11) is 0. The van der Waals surface area contributed by atoms with Crippen LogP contribution in [0.4, 0.5) is 0 Å². The zero-order chi connectivity index (χ0) is 20.3. The number of amides is 2. The van der Waals surface area contributed by atoms with E-state index in [1.165, 1.54) is 22.7 Å². The van der Waals surface area contributed by atoms with Crippen molar-refractivity contribution >= 4 is 41.6 Å². The van der Waals surface area contributed by atoms with Crippen molar-refractivity contribution in [3.05, 3.63) is 42.0 Å². The third kappa shape index (κ3) is 4.19. The van der Waals surface area contributed by atoms with E-state index in [-0.39, 0.29) is 17.8 Å². The lowest BCUT2D eigenvalue weighted by molar-refractivity contribution is -0.158. The predicted molar refractivity (Wildman–Crippen MR) is 102 cm³/mol. The molecule has 3 atom stereocenters. The van der Waals surface area contributed by atoms with Gasteiger partial charge in [-0.2, -0.15) is 0 Å². The summed E-state index contributed by atoms with van der Waals surface area (Å²) >= 11 is 1.32. The van der Waals surface area contributed by atoms with E-state index < -0.39 is 35.9 Å². The minimum Gasteiger partial charge on any atom is -0.481 e. The zero-order valence-corrected chi connectivity index (χ0v) is 16.0. The normalized spacial score (nSPS) is 26.3. The second-order valence-corrected chi connectivity index (χ2v) is 8.04. The van der Waals surface area contributed by atoms with E-state index in [2.05, 4.69) is 5.32 Å². The molecule has 1 aromatic carbocycles. The number of nitrogens with one attached hydrogen (secondary N) is 1. The molecule has 0 bridgehead atoms. The lowest BCUT2D eigenvalue weighted by Crippen LogP contribution is -2.73. The fourth-order valence-corrected chi connectivity index (χ4v) is 4.45. The van der Waals surface area contributed by atoms with Crippen molar-refractivity contribution in [3.63, 3.8) is 0 Å². The van der Waals surface area contributed by atoms with Crippen LogP contribution in [0.25, 0.3) is 6.08 Å².